The van der Waals surface area contributed by atoms with Crippen molar-refractivity contribution in [3.05, 3.63) is 264 Å². The largest absolute Gasteiger partial charge is 0.307 e. The van der Waals surface area contributed by atoms with Gasteiger partial charge >= 0.3 is 0 Å². The summed E-state index contributed by atoms with van der Waals surface area (Å²) in [7, 11) is 0. The van der Waals surface area contributed by atoms with Crippen LogP contribution >= 0.6 is 0 Å². The molecule has 0 saturated heterocycles. The minimum absolute atomic E-state index is 0.260. The Bertz CT molecular complexity index is 3770. The maximum Gasteiger partial charge on any atom is 0.147 e. The smallest absolute Gasteiger partial charge is 0.147 e. The molecule has 0 N–H and O–H groups in total. The number of hydrogen-bond donors (Lipinski definition) is 0. The van der Waals surface area contributed by atoms with Crippen molar-refractivity contribution in [1.29, 1.82) is 0 Å². The van der Waals surface area contributed by atoms with E-state index in [0.717, 1.165) is 43.4 Å². The molecule has 12 rings (SSSR count). The van der Waals surface area contributed by atoms with Crippen molar-refractivity contribution in [2.75, 3.05) is 9.80 Å². The van der Waals surface area contributed by atoms with Gasteiger partial charge in [-0.15, -0.1) is 0 Å². The van der Waals surface area contributed by atoms with Gasteiger partial charge in [0.15, 0.2) is 0 Å². The van der Waals surface area contributed by atoms with Crippen LogP contribution in [0.5, 0.6) is 0 Å². The standard InChI is InChI=1S/C66H42F6N2/c1-39-15-23-59(71)63(27-39)73(55-35-47(43-7-3-11-51(67)31-43)29-48(36-55)44-8-4-12-52(68)32-44)61-25-19-41-18-22-58-62(26-20-42-17-21-57(61)65(41)66(42)58)74(64-28-40(2)16-24-60(64)72)56-37-49(45-9-5-13-53(69)33-45)30-50(38-56)46-10-6-14-54(70)34-46/h3-38H,1-2H3. The maximum atomic E-state index is 16.8. The van der Waals surface area contributed by atoms with Crippen molar-refractivity contribution in [1.82, 2.24) is 0 Å². The third kappa shape index (κ3) is 8.44. The molecule has 0 spiro atoms. The Morgan fingerprint density at radius 1 is 0.270 bits per heavy atom. The first-order chi connectivity index (χ1) is 35.9. The van der Waals surface area contributed by atoms with Crippen LogP contribution in [-0.2, 0) is 0 Å². The van der Waals surface area contributed by atoms with Crippen LogP contribution in [0.1, 0.15) is 11.1 Å². The number of hydrogen-bond acceptors (Lipinski definition) is 2. The number of rotatable bonds is 10. The third-order valence-electron chi connectivity index (χ3n) is 13.8. The summed E-state index contributed by atoms with van der Waals surface area (Å²) in [5.41, 5.74) is 9.33. The van der Waals surface area contributed by atoms with E-state index >= 15 is 8.78 Å². The number of nitrogens with zero attached hydrogens (tertiary/aromatic N) is 2. The zero-order valence-electron chi connectivity index (χ0n) is 39.9. The molecule has 12 aromatic carbocycles. The number of halogens is 6. The van der Waals surface area contributed by atoms with Crippen molar-refractivity contribution in [3.63, 3.8) is 0 Å². The highest BCUT2D eigenvalue weighted by Crippen LogP contribution is 2.50. The molecular weight excluding hydrogens is 935 g/mol. The lowest BCUT2D eigenvalue weighted by atomic mass is 9.91. The first-order valence-corrected chi connectivity index (χ1v) is 24.1. The van der Waals surface area contributed by atoms with E-state index in [2.05, 4.69) is 0 Å². The topological polar surface area (TPSA) is 6.48 Å². The molecule has 0 heterocycles. The van der Waals surface area contributed by atoms with Crippen LogP contribution in [0.2, 0.25) is 0 Å². The summed E-state index contributed by atoms with van der Waals surface area (Å²) in [4.78, 5) is 3.72. The number of anilines is 6. The van der Waals surface area contributed by atoms with Crippen LogP contribution in [0.4, 0.5) is 60.5 Å². The summed E-state index contributed by atoms with van der Waals surface area (Å²) >= 11 is 0. The Balaban J connectivity index is 1.13. The first kappa shape index (κ1) is 46.0. The monoisotopic (exact) mass is 976 g/mol. The lowest BCUT2D eigenvalue weighted by Crippen LogP contribution is -2.14. The Morgan fingerprint density at radius 2 is 0.595 bits per heavy atom. The van der Waals surface area contributed by atoms with Gasteiger partial charge in [-0.25, -0.2) is 26.3 Å². The van der Waals surface area contributed by atoms with Crippen molar-refractivity contribution in [2.45, 2.75) is 13.8 Å². The summed E-state index contributed by atoms with van der Waals surface area (Å²) in [6.45, 7) is 3.79. The highest BCUT2D eigenvalue weighted by atomic mass is 19.1. The number of aryl methyl sites for hydroxylation is 2. The molecule has 0 bridgehead atoms. The first-order valence-electron chi connectivity index (χ1n) is 24.1. The van der Waals surface area contributed by atoms with Gasteiger partial charge in [0, 0.05) is 22.1 Å². The minimum Gasteiger partial charge on any atom is -0.307 e. The van der Waals surface area contributed by atoms with E-state index in [1.165, 1.54) is 60.7 Å². The molecule has 74 heavy (non-hydrogen) atoms. The van der Waals surface area contributed by atoms with E-state index in [1.807, 2.05) is 109 Å². The Hall–Kier alpha value is -9.14. The SMILES string of the molecule is Cc1ccc(F)c(N(c2cc(-c3cccc(F)c3)cc(-c3cccc(F)c3)c2)c2ccc3ccc4c(N(c5cc(-c6cccc(F)c6)cc(-c6cccc(F)c6)c5)c5cc(C)ccc5F)ccc5ccc2c3c54)c1. The Kier molecular flexibility index (Phi) is 11.5. The fourth-order valence-corrected chi connectivity index (χ4v) is 10.4. The molecule has 0 aliphatic rings. The zero-order chi connectivity index (χ0) is 50.8. The Labute approximate surface area is 423 Å². The molecule has 0 fully saturated rings. The van der Waals surface area contributed by atoms with E-state index < -0.39 is 34.9 Å². The van der Waals surface area contributed by atoms with E-state index in [-0.39, 0.29) is 11.4 Å². The van der Waals surface area contributed by atoms with E-state index in [4.69, 9.17) is 0 Å². The lowest BCUT2D eigenvalue weighted by Gasteiger charge is -2.30. The molecule has 0 aliphatic carbocycles. The zero-order valence-corrected chi connectivity index (χ0v) is 39.9. The van der Waals surface area contributed by atoms with Gasteiger partial charge < -0.3 is 9.80 Å². The predicted octanol–water partition coefficient (Wildman–Crippen LogP) is 19.6. The molecule has 0 aromatic heterocycles. The molecule has 0 amide bonds. The van der Waals surface area contributed by atoms with Crippen LogP contribution in [0.25, 0.3) is 76.8 Å². The summed E-state index contributed by atoms with van der Waals surface area (Å²) in [6.07, 6.45) is 0. The molecule has 0 aliphatic heterocycles. The number of benzene rings is 12. The van der Waals surface area contributed by atoms with E-state index in [1.54, 1.807) is 72.8 Å². The van der Waals surface area contributed by atoms with Crippen LogP contribution < -0.4 is 9.80 Å². The second-order valence-corrected chi connectivity index (χ2v) is 18.8. The minimum atomic E-state index is -0.485. The third-order valence-corrected chi connectivity index (χ3v) is 13.8. The van der Waals surface area contributed by atoms with Gasteiger partial charge in [-0.05, 0) is 212 Å². The van der Waals surface area contributed by atoms with Gasteiger partial charge in [-0.3, -0.25) is 0 Å². The van der Waals surface area contributed by atoms with Crippen LogP contribution in [0.3, 0.4) is 0 Å². The van der Waals surface area contributed by atoms with Crippen LogP contribution in [0, 0.1) is 48.8 Å². The van der Waals surface area contributed by atoms with E-state index in [0.29, 0.717) is 67.3 Å². The van der Waals surface area contributed by atoms with Crippen LogP contribution in [-0.4, -0.2) is 0 Å². The van der Waals surface area contributed by atoms with Gasteiger partial charge in [0.25, 0.3) is 0 Å². The summed E-state index contributed by atoms with van der Waals surface area (Å²) in [5, 5.41) is 5.07. The fraction of sp³-hybridized carbons (Fsp3) is 0.0303. The van der Waals surface area contributed by atoms with Crippen molar-refractivity contribution >= 4 is 66.4 Å². The highest BCUT2D eigenvalue weighted by molar-refractivity contribution is 6.28. The summed E-state index contributed by atoms with van der Waals surface area (Å²) < 4.78 is 93.3. The van der Waals surface area contributed by atoms with Gasteiger partial charge in [-0.2, -0.15) is 0 Å². The fourth-order valence-electron chi connectivity index (χ4n) is 10.4. The average molecular weight is 977 g/mol. The maximum absolute atomic E-state index is 16.8. The summed E-state index contributed by atoms with van der Waals surface area (Å²) in [5.74, 6) is -2.68. The average Bonchev–Trinajstić information content (AvgIpc) is 3.42. The lowest BCUT2D eigenvalue weighted by molar-refractivity contribution is 0.627. The highest BCUT2D eigenvalue weighted by Gasteiger charge is 2.26. The normalized spacial score (nSPS) is 11.5. The second-order valence-electron chi connectivity index (χ2n) is 18.8. The molecular formula is C66H42F6N2. The molecule has 0 saturated carbocycles. The molecule has 358 valence electrons. The molecule has 0 unspecified atom stereocenters. The molecule has 2 nitrogen and oxygen atoms in total. The van der Waals surface area contributed by atoms with Gasteiger partial charge in [0.05, 0.1) is 22.7 Å². The quantitative estimate of drug-likeness (QED) is 0.0995. The van der Waals surface area contributed by atoms with Gasteiger partial charge in [-0.1, -0.05) is 97.1 Å². The van der Waals surface area contributed by atoms with Gasteiger partial charge in [0.2, 0.25) is 0 Å². The van der Waals surface area contributed by atoms with Crippen molar-refractivity contribution in [2.24, 2.45) is 0 Å². The van der Waals surface area contributed by atoms with Crippen molar-refractivity contribution < 1.29 is 26.3 Å². The molecule has 8 heteroatoms. The predicted molar refractivity (Wildman–Crippen MR) is 290 cm³/mol. The molecule has 0 atom stereocenters. The molecule has 12 aromatic rings. The second kappa shape index (κ2) is 18.5. The van der Waals surface area contributed by atoms with Gasteiger partial charge in [0.1, 0.15) is 34.9 Å². The van der Waals surface area contributed by atoms with Crippen LogP contribution in [0.15, 0.2) is 218 Å². The van der Waals surface area contributed by atoms with E-state index in [9.17, 15) is 17.6 Å². The van der Waals surface area contributed by atoms with Crippen molar-refractivity contribution in [3.8, 4) is 44.5 Å². The Morgan fingerprint density at radius 3 is 0.919 bits per heavy atom. The molecule has 0 radical (unpaired) electrons. The summed E-state index contributed by atoms with van der Waals surface area (Å²) in [6, 6.07) is 62.1.